The third-order valence-corrected chi connectivity index (χ3v) is 9.19. The molecule has 1 N–H and O–H groups in total. The molecule has 2 aliphatic carbocycles. The Balaban J connectivity index is 0.000000231. The fourth-order valence-electron chi connectivity index (χ4n) is 7.05. The summed E-state index contributed by atoms with van der Waals surface area (Å²) in [6, 6.07) is 0. The maximum atomic E-state index is 12.6. The molecule has 8 atom stereocenters. The highest BCUT2D eigenvalue weighted by Gasteiger charge is 2.56. The van der Waals surface area contributed by atoms with Crippen molar-refractivity contribution in [2.24, 2.45) is 28.8 Å². The van der Waals surface area contributed by atoms with Gasteiger partial charge < -0.3 is 24.1 Å². The number of allylic oxidation sites excluding steroid dienone is 2. The summed E-state index contributed by atoms with van der Waals surface area (Å²) in [5.74, 6) is -2.86. The molecule has 4 aliphatic heterocycles. The monoisotopic (exact) mass is 613 g/mol. The molecular formula is C32H43N3O9. The average Bonchev–Trinajstić information content (AvgIpc) is 3.36. The number of nitrogens with zero attached hydrogens (tertiary/aromatic N) is 3. The molecule has 0 radical (unpaired) electrons. The second kappa shape index (κ2) is 13.2. The zero-order valence-corrected chi connectivity index (χ0v) is 23.7. The first-order valence-corrected chi connectivity index (χ1v) is 14.2. The summed E-state index contributed by atoms with van der Waals surface area (Å²) in [6.45, 7) is 11.2. The molecule has 4 saturated heterocycles. The van der Waals surface area contributed by atoms with E-state index < -0.39 is 35.7 Å². The SMILES string of the molecule is C.C.C=C1C[C@@]2(C[C@H](C)[C@H]3CC=C(CN=[N+]=[N-])C(=O)[C@@H]3O2)OC1=O.C=C1C[C@@]2(C[C@H](C)[C@H]3CC=C(CO)C(=O)[C@@H]3O2)OC1=O. The number of rotatable bonds is 3. The smallest absolute Gasteiger partial charge is 0.336 e. The number of esters is 2. The van der Waals surface area contributed by atoms with Crippen molar-refractivity contribution in [2.75, 3.05) is 13.2 Å². The number of carbonyl (C=O) groups excluding carboxylic acids is 4. The number of hydrogen-bond acceptors (Lipinski definition) is 10. The Hall–Kier alpha value is -3.57. The molecule has 0 aromatic rings. The van der Waals surface area contributed by atoms with E-state index in [9.17, 15) is 24.3 Å². The van der Waals surface area contributed by atoms with Crippen molar-refractivity contribution in [1.82, 2.24) is 0 Å². The molecule has 4 heterocycles. The van der Waals surface area contributed by atoms with Gasteiger partial charge in [-0.1, -0.05) is 59.1 Å². The van der Waals surface area contributed by atoms with E-state index >= 15 is 0 Å². The van der Waals surface area contributed by atoms with E-state index in [1.165, 1.54) is 0 Å². The van der Waals surface area contributed by atoms with E-state index in [1.807, 2.05) is 19.9 Å². The predicted octanol–water partition coefficient (Wildman–Crippen LogP) is 4.83. The van der Waals surface area contributed by atoms with Gasteiger partial charge in [0.2, 0.25) is 11.6 Å². The number of fused-ring (bicyclic) bond motifs is 2. The second-order valence-electron chi connectivity index (χ2n) is 12.1. The zero-order chi connectivity index (χ0) is 30.4. The standard InChI is InChI=1S/C15H17N3O4.C15H18O5.2CH4/c1-8-5-15(6-9(2)14(20)22-15)21-13-11(8)4-3-10(12(13)19)7-17-18-16;1-8-5-15(6-9(2)14(18)20-15)19-13-11(8)4-3-10(7-16)12(13)17;;/h3,8,11,13H,2,4-7H2,1H3;3,8,11,13,16H,2,4-7H2,1H3;2*1H4/t2*8-,11+,13+,15+;;/m00../s1. The van der Waals surface area contributed by atoms with Gasteiger partial charge in [-0.3, -0.25) is 9.59 Å². The van der Waals surface area contributed by atoms with Crippen molar-refractivity contribution in [3.05, 3.63) is 58.0 Å². The fourth-order valence-corrected chi connectivity index (χ4v) is 7.05. The van der Waals surface area contributed by atoms with Crippen LogP contribution in [0.5, 0.6) is 0 Å². The molecule has 0 bridgehead atoms. The molecule has 44 heavy (non-hydrogen) atoms. The number of azide groups is 1. The molecule has 2 spiro atoms. The summed E-state index contributed by atoms with van der Waals surface area (Å²) in [7, 11) is 0. The van der Waals surface area contributed by atoms with E-state index in [4.69, 9.17) is 24.5 Å². The van der Waals surface area contributed by atoms with Crippen LogP contribution in [0.2, 0.25) is 0 Å². The van der Waals surface area contributed by atoms with E-state index in [0.717, 1.165) is 0 Å². The Morgan fingerprint density at radius 2 is 1.30 bits per heavy atom. The third-order valence-electron chi connectivity index (χ3n) is 9.19. The van der Waals surface area contributed by atoms with Crippen molar-refractivity contribution in [3.63, 3.8) is 0 Å². The Morgan fingerprint density at radius 3 is 1.68 bits per heavy atom. The molecule has 12 nitrogen and oxygen atoms in total. The largest absolute Gasteiger partial charge is 0.429 e. The summed E-state index contributed by atoms with van der Waals surface area (Å²) in [5, 5.41) is 12.7. The topological polar surface area (TPSA) is 174 Å². The van der Waals surface area contributed by atoms with Crippen LogP contribution in [-0.4, -0.2) is 65.5 Å². The van der Waals surface area contributed by atoms with Crippen molar-refractivity contribution < 1.29 is 43.2 Å². The minimum Gasteiger partial charge on any atom is -0.429 e. The molecule has 0 aromatic carbocycles. The highest BCUT2D eigenvalue weighted by molar-refractivity contribution is 6.01. The summed E-state index contributed by atoms with van der Waals surface area (Å²) in [6.07, 6.45) is 5.47. The van der Waals surface area contributed by atoms with Gasteiger partial charge in [0.15, 0.2) is 11.6 Å². The van der Waals surface area contributed by atoms with E-state index in [2.05, 4.69) is 23.2 Å². The average molecular weight is 614 g/mol. The third kappa shape index (κ3) is 6.30. The minimum atomic E-state index is -1.06. The molecule has 6 aliphatic rings. The molecular weight excluding hydrogens is 570 g/mol. The molecule has 0 unspecified atom stereocenters. The molecule has 240 valence electrons. The Labute approximate surface area is 257 Å². The lowest BCUT2D eigenvalue weighted by atomic mass is 9.73. The van der Waals surface area contributed by atoms with E-state index in [0.29, 0.717) is 60.8 Å². The fraction of sp³-hybridized carbons (Fsp3) is 0.625. The highest BCUT2D eigenvalue weighted by Crippen LogP contribution is 2.49. The van der Waals surface area contributed by atoms with Crippen LogP contribution in [0.1, 0.15) is 67.2 Å². The van der Waals surface area contributed by atoms with Crippen molar-refractivity contribution in [1.29, 1.82) is 0 Å². The quantitative estimate of drug-likeness (QED) is 0.154. The molecule has 0 saturated carbocycles. The van der Waals surface area contributed by atoms with Crippen LogP contribution in [0, 0.1) is 23.7 Å². The summed E-state index contributed by atoms with van der Waals surface area (Å²) < 4.78 is 22.5. The summed E-state index contributed by atoms with van der Waals surface area (Å²) >= 11 is 0. The molecule has 0 aromatic heterocycles. The van der Waals surface area contributed by atoms with Gasteiger partial charge in [-0.2, -0.15) is 0 Å². The van der Waals surface area contributed by atoms with E-state index in [-0.39, 0.29) is 63.2 Å². The van der Waals surface area contributed by atoms with Crippen LogP contribution < -0.4 is 0 Å². The van der Waals surface area contributed by atoms with Gasteiger partial charge in [0.1, 0.15) is 12.2 Å². The Morgan fingerprint density at radius 1 is 0.864 bits per heavy atom. The number of aliphatic hydroxyl groups is 1. The Bertz CT molecular complexity index is 1330. The first-order chi connectivity index (χ1) is 19.9. The number of aliphatic hydroxyl groups excluding tert-OH is 1. The molecule has 0 amide bonds. The second-order valence-corrected chi connectivity index (χ2v) is 12.1. The van der Waals surface area contributed by atoms with Crippen LogP contribution in [0.15, 0.2) is 52.7 Å². The van der Waals surface area contributed by atoms with Gasteiger partial charge in [-0.15, -0.1) is 0 Å². The van der Waals surface area contributed by atoms with Gasteiger partial charge in [0, 0.05) is 47.3 Å². The number of carbonyl (C=O) groups is 4. The van der Waals surface area contributed by atoms with Crippen LogP contribution in [0.3, 0.4) is 0 Å². The predicted molar refractivity (Wildman–Crippen MR) is 159 cm³/mol. The number of ketones is 2. The van der Waals surface area contributed by atoms with Crippen molar-refractivity contribution in [3.8, 4) is 0 Å². The number of ether oxygens (including phenoxy) is 4. The van der Waals surface area contributed by atoms with Crippen LogP contribution >= 0.6 is 0 Å². The maximum Gasteiger partial charge on any atom is 0.336 e. The first-order valence-electron chi connectivity index (χ1n) is 14.2. The highest BCUT2D eigenvalue weighted by atomic mass is 16.7. The van der Waals surface area contributed by atoms with Gasteiger partial charge in [0.05, 0.1) is 13.2 Å². The summed E-state index contributed by atoms with van der Waals surface area (Å²) in [5.41, 5.74) is 10.0. The lowest BCUT2D eigenvalue weighted by molar-refractivity contribution is -0.269. The van der Waals surface area contributed by atoms with Gasteiger partial charge in [-0.25, -0.2) is 9.59 Å². The van der Waals surface area contributed by atoms with Crippen molar-refractivity contribution >= 4 is 23.5 Å². The van der Waals surface area contributed by atoms with Crippen LogP contribution in [0.4, 0.5) is 0 Å². The van der Waals surface area contributed by atoms with Gasteiger partial charge >= 0.3 is 11.9 Å². The lowest BCUT2D eigenvalue weighted by Crippen LogP contribution is -2.53. The number of Topliss-reactive ketones (excluding diaryl/α,β-unsaturated/α-hetero) is 2. The van der Waals surface area contributed by atoms with Crippen molar-refractivity contribution in [2.45, 2.75) is 91.0 Å². The van der Waals surface area contributed by atoms with Gasteiger partial charge in [0.25, 0.3) is 0 Å². The molecule has 12 heteroatoms. The van der Waals surface area contributed by atoms with Crippen LogP contribution in [-0.2, 0) is 38.1 Å². The Kier molecular flexibility index (Phi) is 10.5. The first kappa shape index (κ1) is 34.9. The number of hydrogen-bond donors (Lipinski definition) is 1. The maximum absolute atomic E-state index is 12.6. The lowest BCUT2D eigenvalue weighted by Gasteiger charge is -2.45. The molecule has 4 fully saturated rings. The minimum absolute atomic E-state index is 0. The normalized spacial score (nSPS) is 37.2. The van der Waals surface area contributed by atoms with E-state index in [1.54, 1.807) is 6.08 Å². The van der Waals surface area contributed by atoms with Crippen LogP contribution in [0.25, 0.3) is 10.4 Å². The summed E-state index contributed by atoms with van der Waals surface area (Å²) in [4.78, 5) is 50.8. The zero-order valence-electron chi connectivity index (χ0n) is 23.7. The van der Waals surface area contributed by atoms with Gasteiger partial charge in [-0.05, 0) is 47.6 Å². The molecule has 6 rings (SSSR count).